The van der Waals surface area contributed by atoms with Gasteiger partial charge in [-0.25, -0.2) is 17.5 Å². The van der Waals surface area contributed by atoms with Crippen LogP contribution in [-0.2, 0) is 15.6 Å². The summed E-state index contributed by atoms with van der Waals surface area (Å²) in [5, 5.41) is 3.25. The number of ether oxygens (including phenoxy) is 1. The van der Waals surface area contributed by atoms with Crippen LogP contribution < -0.4 is 14.8 Å². The van der Waals surface area contributed by atoms with Crippen LogP contribution >= 0.6 is 0 Å². The van der Waals surface area contributed by atoms with E-state index in [9.17, 15) is 12.8 Å². The molecule has 0 spiro atoms. The Hall–Kier alpha value is -1.96. The fourth-order valence-corrected chi connectivity index (χ4v) is 4.81. The molecule has 0 aliphatic carbocycles. The zero-order valence-electron chi connectivity index (χ0n) is 15.5. The monoisotopic (exact) mass is 392 g/mol. The number of halogens is 1. The van der Waals surface area contributed by atoms with Crippen molar-refractivity contribution >= 4 is 10.0 Å². The molecule has 2 aromatic carbocycles. The molecule has 1 heterocycles. The van der Waals surface area contributed by atoms with Crippen molar-refractivity contribution in [2.45, 2.75) is 43.2 Å². The Morgan fingerprint density at radius 2 is 1.63 bits per heavy atom. The van der Waals surface area contributed by atoms with Gasteiger partial charge in [0.25, 0.3) is 0 Å². The number of hydrogen-bond acceptors (Lipinski definition) is 4. The van der Waals surface area contributed by atoms with Gasteiger partial charge < -0.3 is 10.1 Å². The maximum absolute atomic E-state index is 13.3. The molecule has 1 fully saturated rings. The molecule has 0 aromatic heterocycles. The van der Waals surface area contributed by atoms with Gasteiger partial charge in [0, 0.05) is 0 Å². The van der Waals surface area contributed by atoms with E-state index in [0.717, 1.165) is 5.56 Å². The van der Waals surface area contributed by atoms with E-state index in [1.165, 1.54) is 12.1 Å². The molecule has 0 radical (unpaired) electrons. The minimum absolute atomic E-state index is 0.0158. The number of benzene rings is 2. The first-order valence-corrected chi connectivity index (χ1v) is 10.6. The summed E-state index contributed by atoms with van der Waals surface area (Å²) in [4.78, 5) is 0.179. The summed E-state index contributed by atoms with van der Waals surface area (Å²) in [6.45, 7) is 5.19. The predicted molar refractivity (Wildman–Crippen MR) is 103 cm³/mol. The minimum Gasteiger partial charge on any atom is -0.491 e. The molecule has 2 aromatic rings. The van der Waals surface area contributed by atoms with Gasteiger partial charge in [0.2, 0.25) is 10.0 Å². The Balaban J connectivity index is 1.89. The van der Waals surface area contributed by atoms with Crippen molar-refractivity contribution in [3.63, 3.8) is 0 Å². The van der Waals surface area contributed by atoms with Gasteiger partial charge in [-0.3, -0.25) is 0 Å². The number of rotatable bonds is 6. The predicted octanol–water partition coefficient (Wildman–Crippen LogP) is 3.17. The van der Waals surface area contributed by atoms with Gasteiger partial charge in [-0.05, 0) is 81.7 Å². The second-order valence-corrected chi connectivity index (χ2v) is 8.76. The van der Waals surface area contributed by atoms with Gasteiger partial charge in [0.1, 0.15) is 11.6 Å². The minimum atomic E-state index is -3.75. The number of piperidine rings is 1. The second kappa shape index (κ2) is 7.96. The van der Waals surface area contributed by atoms with E-state index in [1.807, 2.05) is 13.8 Å². The molecule has 7 heteroatoms. The average Bonchev–Trinajstić information content (AvgIpc) is 2.62. The van der Waals surface area contributed by atoms with Gasteiger partial charge in [-0.15, -0.1) is 0 Å². The Morgan fingerprint density at radius 3 is 2.19 bits per heavy atom. The molecular formula is C20H25FN2O3S. The van der Waals surface area contributed by atoms with Gasteiger partial charge in [-0.2, -0.15) is 0 Å². The highest BCUT2D eigenvalue weighted by atomic mass is 32.2. The lowest BCUT2D eigenvalue weighted by Crippen LogP contribution is -2.52. The summed E-state index contributed by atoms with van der Waals surface area (Å²) in [5.74, 6) is 0.283. The van der Waals surface area contributed by atoms with E-state index >= 15 is 0 Å². The summed E-state index contributed by atoms with van der Waals surface area (Å²) >= 11 is 0. The average molecular weight is 392 g/mol. The molecule has 0 saturated carbocycles. The number of sulfonamides is 1. The molecule has 0 bridgehead atoms. The first-order chi connectivity index (χ1) is 12.8. The normalized spacial score (nSPS) is 17.0. The van der Waals surface area contributed by atoms with Crippen LogP contribution in [0.4, 0.5) is 4.39 Å². The number of hydrogen-bond donors (Lipinski definition) is 2. The van der Waals surface area contributed by atoms with E-state index in [1.54, 1.807) is 36.4 Å². The van der Waals surface area contributed by atoms with Crippen LogP contribution in [0.3, 0.4) is 0 Å². The Labute approximate surface area is 160 Å². The zero-order valence-corrected chi connectivity index (χ0v) is 16.4. The molecule has 0 atom stereocenters. The largest absolute Gasteiger partial charge is 0.491 e. The topological polar surface area (TPSA) is 67.4 Å². The van der Waals surface area contributed by atoms with Crippen LogP contribution in [0.1, 0.15) is 32.3 Å². The maximum atomic E-state index is 13.3. The molecule has 3 rings (SSSR count). The fraction of sp³-hybridized carbons (Fsp3) is 0.400. The van der Waals surface area contributed by atoms with Crippen LogP contribution in [0, 0.1) is 5.82 Å². The van der Waals surface area contributed by atoms with Crippen molar-refractivity contribution in [2.75, 3.05) is 13.1 Å². The summed E-state index contributed by atoms with van der Waals surface area (Å²) in [6, 6.07) is 12.4. The molecule has 1 saturated heterocycles. The van der Waals surface area contributed by atoms with Crippen molar-refractivity contribution in [1.29, 1.82) is 0 Å². The second-order valence-electron chi connectivity index (χ2n) is 7.08. The van der Waals surface area contributed by atoms with Crippen molar-refractivity contribution < 1.29 is 17.5 Å². The molecule has 27 heavy (non-hydrogen) atoms. The van der Waals surface area contributed by atoms with Gasteiger partial charge in [0.05, 0.1) is 16.5 Å². The van der Waals surface area contributed by atoms with Crippen LogP contribution in [0.25, 0.3) is 0 Å². The standard InChI is InChI=1S/C20H25FN2O3S/c1-15(2)26-18-7-9-19(10-8-18)27(24,25)23-20(11-13-22-14-12-20)16-3-5-17(21)6-4-16/h3-10,15,22-23H,11-14H2,1-2H3. The van der Waals surface area contributed by atoms with Crippen molar-refractivity contribution in [1.82, 2.24) is 10.0 Å². The lowest BCUT2D eigenvalue weighted by Gasteiger charge is -2.38. The summed E-state index contributed by atoms with van der Waals surface area (Å²) < 4.78 is 47.9. The Morgan fingerprint density at radius 1 is 1.04 bits per heavy atom. The SMILES string of the molecule is CC(C)Oc1ccc(S(=O)(=O)NC2(c3ccc(F)cc3)CCNCC2)cc1. The summed E-state index contributed by atoms with van der Waals surface area (Å²) in [6.07, 6.45) is 1.20. The van der Waals surface area contributed by atoms with E-state index in [-0.39, 0.29) is 16.8 Å². The maximum Gasteiger partial charge on any atom is 0.241 e. The first-order valence-electron chi connectivity index (χ1n) is 9.08. The Kier molecular flexibility index (Phi) is 5.83. The third kappa shape index (κ3) is 4.66. The zero-order chi connectivity index (χ0) is 19.5. The van der Waals surface area contributed by atoms with E-state index < -0.39 is 15.6 Å². The van der Waals surface area contributed by atoms with E-state index in [2.05, 4.69) is 10.0 Å². The fourth-order valence-electron chi connectivity index (χ4n) is 3.36. The third-order valence-corrected chi connectivity index (χ3v) is 6.24. The highest BCUT2D eigenvalue weighted by Crippen LogP contribution is 2.33. The van der Waals surface area contributed by atoms with Crippen LogP contribution in [0.2, 0.25) is 0 Å². The van der Waals surface area contributed by atoms with E-state index in [4.69, 9.17) is 4.74 Å². The number of nitrogens with one attached hydrogen (secondary N) is 2. The van der Waals surface area contributed by atoms with Crippen LogP contribution in [0.15, 0.2) is 53.4 Å². The highest BCUT2D eigenvalue weighted by Gasteiger charge is 2.38. The molecule has 1 aliphatic heterocycles. The lowest BCUT2D eigenvalue weighted by atomic mass is 9.82. The van der Waals surface area contributed by atoms with Crippen molar-refractivity contribution in [2.24, 2.45) is 0 Å². The molecule has 5 nitrogen and oxygen atoms in total. The summed E-state index contributed by atoms with van der Waals surface area (Å²) in [7, 11) is -3.75. The lowest BCUT2D eigenvalue weighted by molar-refractivity contribution is 0.242. The Bertz CT molecular complexity index is 859. The van der Waals surface area contributed by atoms with Crippen LogP contribution in [0.5, 0.6) is 5.75 Å². The molecule has 2 N–H and O–H groups in total. The molecule has 0 unspecified atom stereocenters. The van der Waals surface area contributed by atoms with Crippen molar-refractivity contribution in [3.05, 3.63) is 59.9 Å². The third-order valence-electron chi connectivity index (χ3n) is 4.69. The van der Waals surface area contributed by atoms with E-state index in [0.29, 0.717) is 31.7 Å². The van der Waals surface area contributed by atoms with Gasteiger partial charge in [0.15, 0.2) is 0 Å². The summed E-state index contributed by atoms with van der Waals surface area (Å²) in [5.41, 5.74) is 0.0129. The van der Waals surface area contributed by atoms with Crippen LogP contribution in [-0.4, -0.2) is 27.6 Å². The quantitative estimate of drug-likeness (QED) is 0.792. The molecule has 1 aliphatic rings. The van der Waals surface area contributed by atoms with Crippen molar-refractivity contribution in [3.8, 4) is 5.75 Å². The smallest absolute Gasteiger partial charge is 0.241 e. The first kappa shape index (κ1) is 19.8. The highest BCUT2D eigenvalue weighted by molar-refractivity contribution is 7.89. The van der Waals surface area contributed by atoms with Gasteiger partial charge in [-0.1, -0.05) is 12.1 Å². The molecular weight excluding hydrogens is 367 g/mol. The van der Waals surface area contributed by atoms with Gasteiger partial charge >= 0.3 is 0 Å². The molecule has 146 valence electrons. The molecule has 0 amide bonds.